The number of nitrogens with one attached hydrogen (secondary N) is 3. The summed E-state index contributed by atoms with van der Waals surface area (Å²) in [6.45, 7) is 0. The number of aromatic amines is 2. The van der Waals surface area contributed by atoms with Crippen LogP contribution < -0.4 is 16.7 Å². The van der Waals surface area contributed by atoms with Gasteiger partial charge in [0.15, 0.2) is 11.2 Å². The minimum atomic E-state index is -0.660. The maximum Gasteiger partial charge on any atom is 0.327 e. The predicted octanol–water partition coefficient (Wildman–Crippen LogP) is -0.153. The Morgan fingerprint density at radius 1 is 1.10 bits per heavy atom. The summed E-state index contributed by atoms with van der Waals surface area (Å²) in [5.74, 6) is 0.0657. The first-order valence-electron chi connectivity index (χ1n) is 5.93. The average Bonchev–Trinajstić information content (AvgIpc) is 2.48. The summed E-state index contributed by atoms with van der Waals surface area (Å²) < 4.78 is 0. The molecule has 104 valence electrons. The molecule has 0 saturated carbocycles. The Balaban J connectivity index is 1.87. The van der Waals surface area contributed by atoms with Gasteiger partial charge < -0.3 is 0 Å². The minimum absolute atomic E-state index is 0.0381. The van der Waals surface area contributed by atoms with Crippen molar-refractivity contribution in [2.75, 3.05) is 5.43 Å². The molecular formula is C12H9N7O2. The van der Waals surface area contributed by atoms with Crippen LogP contribution in [0, 0.1) is 0 Å². The minimum Gasteiger partial charge on any atom is -0.290 e. The van der Waals surface area contributed by atoms with Crippen LogP contribution in [0.5, 0.6) is 0 Å². The molecule has 0 fully saturated rings. The van der Waals surface area contributed by atoms with Gasteiger partial charge in [0.1, 0.15) is 0 Å². The van der Waals surface area contributed by atoms with Gasteiger partial charge in [-0.25, -0.2) is 10.2 Å². The van der Waals surface area contributed by atoms with E-state index >= 15 is 0 Å². The molecule has 3 rings (SSSR count). The first-order valence-corrected chi connectivity index (χ1v) is 5.93. The van der Waals surface area contributed by atoms with Crippen LogP contribution in [0.1, 0.15) is 5.56 Å². The third-order valence-electron chi connectivity index (χ3n) is 2.54. The van der Waals surface area contributed by atoms with E-state index in [4.69, 9.17) is 0 Å². The van der Waals surface area contributed by atoms with Crippen molar-refractivity contribution < 1.29 is 0 Å². The molecule has 2 aromatic heterocycles. The normalized spacial score (nSPS) is 11.0. The van der Waals surface area contributed by atoms with Gasteiger partial charge in [-0.15, -0.1) is 10.2 Å². The van der Waals surface area contributed by atoms with E-state index in [2.05, 4.69) is 30.7 Å². The SMILES string of the molecule is O=c1[nH]c(=O)c2nnc(NN=Cc3ccccc3)nc2[nH]1. The fourth-order valence-corrected chi connectivity index (χ4v) is 1.62. The van der Waals surface area contributed by atoms with E-state index in [0.29, 0.717) is 0 Å². The predicted molar refractivity (Wildman–Crippen MR) is 76.2 cm³/mol. The molecule has 9 heteroatoms. The zero-order chi connectivity index (χ0) is 14.7. The first kappa shape index (κ1) is 12.7. The average molecular weight is 283 g/mol. The van der Waals surface area contributed by atoms with E-state index in [0.717, 1.165) is 5.56 Å². The van der Waals surface area contributed by atoms with Crippen molar-refractivity contribution in [3.63, 3.8) is 0 Å². The van der Waals surface area contributed by atoms with Crippen LogP contribution >= 0.6 is 0 Å². The molecule has 0 amide bonds. The Morgan fingerprint density at radius 2 is 1.90 bits per heavy atom. The molecule has 0 aliphatic heterocycles. The maximum absolute atomic E-state index is 11.4. The number of H-pyrrole nitrogens is 2. The van der Waals surface area contributed by atoms with E-state index in [1.54, 1.807) is 6.21 Å². The lowest BCUT2D eigenvalue weighted by atomic mass is 10.2. The highest BCUT2D eigenvalue weighted by Gasteiger charge is 2.05. The van der Waals surface area contributed by atoms with E-state index in [9.17, 15) is 9.59 Å². The van der Waals surface area contributed by atoms with Crippen LogP contribution in [0.4, 0.5) is 5.95 Å². The van der Waals surface area contributed by atoms with Crippen LogP contribution in [0.25, 0.3) is 11.2 Å². The number of hydrogen-bond acceptors (Lipinski definition) is 7. The second kappa shape index (κ2) is 5.33. The highest BCUT2D eigenvalue weighted by molar-refractivity contribution is 5.79. The zero-order valence-corrected chi connectivity index (χ0v) is 10.6. The zero-order valence-electron chi connectivity index (χ0n) is 10.6. The fourth-order valence-electron chi connectivity index (χ4n) is 1.62. The van der Waals surface area contributed by atoms with E-state index < -0.39 is 11.2 Å². The molecule has 0 aliphatic rings. The Bertz CT molecular complexity index is 914. The van der Waals surface area contributed by atoms with Gasteiger partial charge in [-0.2, -0.15) is 10.1 Å². The smallest absolute Gasteiger partial charge is 0.290 e. The summed E-state index contributed by atoms with van der Waals surface area (Å²) in [6, 6.07) is 9.41. The molecule has 3 aromatic rings. The molecule has 9 nitrogen and oxygen atoms in total. The molecule has 0 unspecified atom stereocenters. The summed E-state index contributed by atoms with van der Waals surface area (Å²) in [6.07, 6.45) is 1.58. The number of fused-ring (bicyclic) bond motifs is 1. The lowest BCUT2D eigenvalue weighted by molar-refractivity contribution is 0.960. The molecule has 0 spiro atoms. The number of nitrogens with zero attached hydrogens (tertiary/aromatic N) is 4. The van der Waals surface area contributed by atoms with Crippen molar-refractivity contribution in [1.29, 1.82) is 0 Å². The molecular weight excluding hydrogens is 274 g/mol. The summed E-state index contributed by atoms with van der Waals surface area (Å²) in [4.78, 5) is 31.0. The Labute approximate surface area is 116 Å². The number of rotatable bonds is 3. The van der Waals surface area contributed by atoms with Gasteiger partial charge in [0.05, 0.1) is 6.21 Å². The van der Waals surface area contributed by atoms with E-state index in [1.807, 2.05) is 35.3 Å². The number of benzene rings is 1. The van der Waals surface area contributed by atoms with Crippen molar-refractivity contribution in [2.45, 2.75) is 0 Å². The fraction of sp³-hybridized carbons (Fsp3) is 0. The highest BCUT2D eigenvalue weighted by Crippen LogP contribution is 2.01. The third kappa shape index (κ3) is 2.81. The molecule has 0 aliphatic carbocycles. The van der Waals surface area contributed by atoms with Gasteiger partial charge in [0.25, 0.3) is 11.5 Å². The number of hydrazone groups is 1. The van der Waals surface area contributed by atoms with Gasteiger partial charge >= 0.3 is 5.69 Å². The Hall–Kier alpha value is -3.36. The molecule has 3 N–H and O–H groups in total. The largest absolute Gasteiger partial charge is 0.327 e. The standard InChI is InChI=1S/C12H9N7O2/c20-10-8-9(15-12(21)16-10)14-11(19-17-8)18-13-6-7-4-2-1-3-5-7/h1-6H,(H3,14,15,16,18,19,20,21). The van der Waals surface area contributed by atoms with Crippen molar-refractivity contribution in [2.24, 2.45) is 5.10 Å². The van der Waals surface area contributed by atoms with Crippen LogP contribution in [-0.4, -0.2) is 31.4 Å². The van der Waals surface area contributed by atoms with Crippen molar-refractivity contribution in [3.05, 3.63) is 56.7 Å². The molecule has 0 atom stereocenters. The second-order valence-corrected chi connectivity index (χ2v) is 4.02. The summed E-state index contributed by atoms with van der Waals surface area (Å²) >= 11 is 0. The quantitative estimate of drug-likeness (QED) is 0.453. The van der Waals surface area contributed by atoms with Gasteiger partial charge in [-0.1, -0.05) is 30.3 Å². The topological polar surface area (TPSA) is 129 Å². The molecule has 0 saturated heterocycles. The van der Waals surface area contributed by atoms with Crippen LogP contribution in [-0.2, 0) is 0 Å². The lowest BCUT2D eigenvalue weighted by Gasteiger charge is -1.98. The summed E-state index contributed by atoms with van der Waals surface area (Å²) in [5.41, 5.74) is 2.15. The lowest BCUT2D eigenvalue weighted by Crippen LogP contribution is -2.23. The maximum atomic E-state index is 11.4. The van der Waals surface area contributed by atoms with Gasteiger partial charge in [-0.05, 0) is 5.56 Å². The van der Waals surface area contributed by atoms with Crippen LogP contribution in [0.15, 0.2) is 45.0 Å². The molecule has 2 heterocycles. The van der Waals surface area contributed by atoms with Gasteiger partial charge in [0.2, 0.25) is 0 Å². The van der Waals surface area contributed by atoms with E-state index in [1.165, 1.54) is 0 Å². The Kier molecular flexibility index (Phi) is 3.21. The van der Waals surface area contributed by atoms with Crippen molar-refractivity contribution >= 4 is 23.3 Å². The van der Waals surface area contributed by atoms with Crippen LogP contribution in [0.3, 0.4) is 0 Å². The van der Waals surface area contributed by atoms with Gasteiger partial charge in [0, 0.05) is 0 Å². The molecule has 0 radical (unpaired) electrons. The third-order valence-corrected chi connectivity index (χ3v) is 2.54. The van der Waals surface area contributed by atoms with E-state index in [-0.39, 0.29) is 17.1 Å². The number of aromatic nitrogens is 5. The summed E-state index contributed by atoms with van der Waals surface area (Å²) in [7, 11) is 0. The van der Waals surface area contributed by atoms with Crippen LogP contribution in [0.2, 0.25) is 0 Å². The Morgan fingerprint density at radius 3 is 2.71 bits per heavy atom. The van der Waals surface area contributed by atoms with Crippen molar-refractivity contribution in [3.8, 4) is 0 Å². The number of anilines is 1. The first-order chi connectivity index (χ1) is 10.2. The van der Waals surface area contributed by atoms with Gasteiger partial charge in [-0.3, -0.25) is 14.8 Å². The summed E-state index contributed by atoms with van der Waals surface area (Å²) in [5, 5.41) is 11.3. The molecule has 0 bridgehead atoms. The van der Waals surface area contributed by atoms with Crippen molar-refractivity contribution in [1.82, 2.24) is 25.1 Å². The highest BCUT2D eigenvalue weighted by atomic mass is 16.2. The second-order valence-electron chi connectivity index (χ2n) is 4.02. The molecule has 1 aromatic carbocycles. The monoisotopic (exact) mass is 283 g/mol. The molecule has 21 heavy (non-hydrogen) atoms. The number of hydrogen-bond donors (Lipinski definition) is 3.